The number of nitrogens with zero attached hydrogens (tertiary/aromatic N) is 2. The summed E-state index contributed by atoms with van der Waals surface area (Å²) in [6.45, 7) is 0.568. The molecule has 0 aliphatic carbocycles. The van der Waals surface area contributed by atoms with Crippen molar-refractivity contribution in [3.05, 3.63) is 95.8 Å². The molecule has 6 nitrogen and oxygen atoms in total. The number of carbonyl (C=O) groups excluding carboxylic acids is 1. The highest BCUT2D eigenvalue weighted by molar-refractivity contribution is 7.89. The minimum atomic E-state index is -3.72. The van der Waals surface area contributed by atoms with Crippen LogP contribution in [-0.2, 0) is 23.1 Å². The first-order valence-electron chi connectivity index (χ1n) is 8.74. The lowest BCUT2D eigenvalue weighted by Gasteiger charge is -2.17. The van der Waals surface area contributed by atoms with E-state index in [9.17, 15) is 13.2 Å². The quantitative estimate of drug-likeness (QED) is 0.667. The first-order valence-corrected chi connectivity index (χ1v) is 10.2. The molecule has 0 aliphatic rings. The van der Waals surface area contributed by atoms with Crippen LogP contribution >= 0.6 is 0 Å². The average Bonchev–Trinajstić information content (AvgIpc) is 2.73. The van der Waals surface area contributed by atoms with Gasteiger partial charge in [-0.1, -0.05) is 42.5 Å². The Labute approximate surface area is 164 Å². The fraction of sp³-hybridized carbons (Fsp3) is 0.143. The van der Waals surface area contributed by atoms with Crippen LogP contribution in [0.15, 0.2) is 84.0 Å². The number of nitrogens with one attached hydrogen (secondary N) is 1. The Hall–Kier alpha value is -3.03. The van der Waals surface area contributed by atoms with Crippen LogP contribution in [0.2, 0.25) is 0 Å². The van der Waals surface area contributed by atoms with Gasteiger partial charge in [0.1, 0.15) is 0 Å². The Morgan fingerprint density at radius 1 is 1.00 bits per heavy atom. The normalized spacial score (nSPS) is 11.4. The predicted molar refractivity (Wildman–Crippen MR) is 107 cm³/mol. The molecule has 0 bridgehead atoms. The van der Waals surface area contributed by atoms with Crippen molar-refractivity contribution >= 4 is 15.9 Å². The number of pyridine rings is 1. The van der Waals surface area contributed by atoms with Crippen LogP contribution < -0.4 is 5.32 Å². The number of sulfonamides is 1. The Balaban J connectivity index is 1.73. The van der Waals surface area contributed by atoms with Crippen molar-refractivity contribution in [3.63, 3.8) is 0 Å². The van der Waals surface area contributed by atoms with E-state index in [4.69, 9.17) is 0 Å². The summed E-state index contributed by atoms with van der Waals surface area (Å²) in [5.74, 6) is -0.341. The second-order valence-corrected chi connectivity index (χ2v) is 8.36. The molecule has 0 unspecified atom stereocenters. The van der Waals surface area contributed by atoms with E-state index < -0.39 is 10.0 Å². The van der Waals surface area contributed by atoms with Gasteiger partial charge in [-0.25, -0.2) is 8.42 Å². The Kier molecular flexibility index (Phi) is 6.18. The summed E-state index contributed by atoms with van der Waals surface area (Å²) in [4.78, 5) is 16.5. The van der Waals surface area contributed by atoms with Crippen molar-refractivity contribution < 1.29 is 13.2 Å². The summed E-state index contributed by atoms with van der Waals surface area (Å²) >= 11 is 0. The highest BCUT2D eigenvalue weighted by Crippen LogP contribution is 2.18. The zero-order valence-corrected chi connectivity index (χ0v) is 16.3. The van der Waals surface area contributed by atoms with Crippen molar-refractivity contribution in [1.29, 1.82) is 0 Å². The number of hydrogen-bond acceptors (Lipinski definition) is 4. The van der Waals surface area contributed by atoms with Crippen molar-refractivity contribution in [2.75, 3.05) is 7.05 Å². The topological polar surface area (TPSA) is 79.4 Å². The Morgan fingerprint density at radius 3 is 2.46 bits per heavy atom. The standard InChI is InChI=1S/C21H21N3O3S/c1-24(16-17-7-3-2-4-8-17)28(26,27)20-11-5-10-19(13-20)21(25)23-15-18-9-6-12-22-14-18/h2-14H,15-16H2,1H3,(H,23,25). The number of hydrogen-bond donors (Lipinski definition) is 1. The van der Waals surface area contributed by atoms with Crippen LogP contribution in [0, 0.1) is 0 Å². The summed E-state index contributed by atoms with van der Waals surface area (Å²) < 4.78 is 27.0. The van der Waals surface area contributed by atoms with E-state index in [2.05, 4.69) is 10.3 Å². The second-order valence-electron chi connectivity index (χ2n) is 6.32. The first-order chi connectivity index (χ1) is 13.5. The lowest BCUT2D eigenvalue weighted by Crippen LogP contribution is -2.27. The molecule has 1 amide bonds. The molecular weight excluding hydrogens is 374 g/mol. The van der Waals surface area contributed by atoms with Gasteiger partial charge in [0, 0.05) is 38.1 Å². The third-order valence-electron chi connectivity index (χ3n) is 4.23. The summed E-state index contributed by atoms with van der Waals surface area (Å²) in [6.07, 6.45) is 3.32. The van der Waals surface area contributed by atoms with E-state index in [0.717, 1.165) is 11.1 Å². The molecule has 3 aromatic rings. The van der Waals surface area contributed by atoms with Crippen molar-refractivity contribution in [2.24, 2.45) is 0 Å². The molecule has 0 saturated heterocycles. The zero-order valence-electron chi connectivity index (χ0n) is 15.4. The molecule has 1 N–H and O–H groups in total. The molecule has 0 aliphatic heterocycles. The highest BCUT2D eigenvalue weighted by atomic mass is 32.2. The monoisotopic (exact) mass is 395 g/mol. The van der Waals surface area contributed by atoms with Crippen LogP contribution in [0.4, 0.5) is 0 Å². The number of rotatable bonds is 7. The van der Waals surface area contributed by atoms with Gasteiger partial charge in [-0.05, 0) is 35.4 Å². The third kappa shape index (κ3) is 4.82. The summed E-state index contributed by atoms with van der Waals surface area (Å²) in [5, 5.41) is 2.78. The zero-order chi connectivity index (χ0) is 20.0. The maximum atomic E-state index is 12.9. The fourth-order valence-corrected chi connectivity index (χ4v) is 3.90. The number of carbonyl (C=O) groups is 1. The molecule has 3 rings (SSSR count). The summed E-state index contributed by atoms with van der Waals surface area (Å²) in [6, 6.07) is 19.0. The van der Waals surface area contributed by atoms with E-state index in [1.807, 2.05) is 36.4 Å². The van der Waals surface area contributed by atoms with E-state index in [1.54, 1.807) is 30.6 Å². The molecule has 7 heteroatoms. The highest BCUT2D eigenvalue weighted by Gasteiger charge is 2.22. The smallest absolute Gasteiger partial charge is 0.251 e. The van der Waals surface area contributed by atoms with E-state index in [1.165, 1.54) is 23.5 Å². The van der Waals surface area contributed by atoms with E-state index >= 15 is 0 Å². The Morgan fingerprint density at radius 2 is 1.75 bits per heavy atom. The fourth-order valence-electron chi connectivity index (χ4n) is 2.69. The van der Waals surface area contributed by atoms with Crippen LogP contribution in [0.3, 0.4) is 0 Å². The van der Waals surface area contributed by atoms with Crippen LogP contribution in [-0.4, -0.2) is 30.7 Å². The first kappa shape index (κ1) is 19.7. The molecule has 0 saturated carbocycles. The lowest BCUT2D eigenvalue weighted by atomic mass is 10.2. The lowest BCUT2D eigenvalue weighted by molar-refractivity contribution is 0.0950. The van der Waals surface area contributed by atoms with E-state index in [0.29, 0.717) is 6.54 Å². The van der Waals surface area contributed by atoms with Gasteiger partial charge in [-0.15, -0.1) is 0 Å². The molecule has 0 atom stereocenters. The molecule has 1 heterocycles. The van der Waals surface area contributed by atoms with E-state index in [-0.39, 0.29) is 22.9 Å². The van der Waals surface area contributed by atoms with Crippen LogP contribution in [0.5, 0.6) is 0 Å². The van der Waals surface area contributed by atoms with Gasteiger partial charge in [0.05, 0.1) is 4.90 Å². The third-order valence-corrected chi connectivity index (χ3v) is 6.03. The summed E-state index contributed by atoms with van der Waals surface area (Å²) in [7, 11) is -2.19. The summed E-state index contributed by atoms with van der Waals surface area (Å²) in [5.41, 5.74) is 2.04. The second kappa shape index (κ2) is 8.77. The molecule has 144 valence electrons. The minimum absolute atomic E-state index is 0.0833. The van der Waals surface area contributed by atoms with Crippen molar-refractivity contribution in [3.8, 4) is 0 Å². The maximum Gasteiger partial charge on any atom is 0.251 e. The maximum absolute atomic E-state index is 12.9. The van der Waals surface area contributed by atoms with Gasteiger partial charge < -0.3 is 5.32 Å². The number of amides is 1. The molecule has 0 fully saturated rings. The number of aromatic nitrogens is 1. The van der Waals surface area contributed by atoms with Gasteiger partial charge in [-0.3, -0.25) is 9.78 Å². The minimum Gasteiger partial charge on any atom is -0.348 e. The molecule has 1 aromatic heterocycles. The average molecular weight is 395 g/mol. The predicted octanol–water partition coefficient (Wildman–Crippen LogP) is 2.83. The van der Waals surface area contributed by atoms with Gasteiger partial charge in [-0.2, -0.15) is 4.31 Å². The largest absolute Gasteiger partial charge is 0.348 e. The van der Waals surface area contributed by atoms with Gasteiger partial charge >= 0.3 is 0 Å². The number of benzene rings is 2. The molecular formula is C21H21N3O3S. The SMILES string of the molecule is CN(Cc1ccccc1)S(=O)(=O)c1cccc(C(=O)NCc2cccnc2)c1. The molecule has 0 spiro atoms. The van der Waals surface area contributed by atoms with Crippen molar-refractivity contribution in [1.82, 2.24) is 14.6 Å². The Bertz CT molecular complexity index is 1040. The molecule has 2 aromatic carbocycles. The molecule has 28 heavy (non-hydrogen) atoms. The van der Waals surface area contributed by atoms with Gasteiger partial charge in [0.25, 0.3) is 5.91 Å². The van der Waals surface area contributed by atoms with Crippen molar-refractivity contribution in [2.45, 2.75) is 18.0 Å². The molecule has 0 radical (unpaired) electrons. The van der Waals surface area contributed by atoms with Crippen LogP contribution in [0.1, 0.15) is 21.5 Å². The van der Waals surface area contributed by atoms with Gasteiger partial charge in [0.15, 0.2) is 0 Å². The van der Waals surface area contributed by atoms with Crippen LogP contribution in [0.25, 0.3) is 0 Å². The van der Waals surface area contributed by atoms with Gasteiger partial charge in [0.2, 0.25) is 10.0 Å².